The van der Waals surface area contributed by atoms with Crippen molar-refractivity contribution >= 4 is 17.6 Å². The van der Waals surface area contributed by atoms with Crippen LogP contribution in [0.2, 0.25) is 5.02 Å². The maximum absolute atomic E-state index is 5.98. The van der Waals surface area contributed by atoms with Crippen LogP contribution in [0.3, 0.4) is 0 Å². The Bertz CT molecular complexity index is 625. The van der Waals surface area contributed by atoms with E-state index in [4.69, 9.17) is 16.3 Å². The smallest absolute Gasteiger partial charge is 0.191 e. The van der Waals surface area contributed by atoms with Crippen LogP contribution in [0.5, 0.6) is 0 Å². The first-order valence-electron chi connectivity index (χ1n) is 10.9. The first-order chi connectivity index (χ1) is 14.1. The van der Waals surface area contributed by atoms with Crippen LogP contribution in [0.25, 0.3) is 0 Å². The fourth-order valence-electron chi connectivity index (χ4n) is 4.03. The van der Waals surface area contributed by atoms with Crippen LogP contribution in [0.15, 0.2) is 29.3 Å². The van der Waals surface area contributed by atoms with Gasteiger partial charge in [0.15, 0.2) is 5.96 Å². The summed E-state index contributed by atoms with van der Waals surface area (Å²) in [7, 11) is 1.86. The number of guanidine groups is 1. The molecule has 3 rings (SSSR count). The fraction of sp³-hybridized carbons (Fsp3) is 0.682. The molecular formula is C22H36ClN5O. The van der Waals surface area contributed by atoms with Crippen molar-refractivity contribution in [1.29, 1.82) is 0 Å². The van der Waals surface area contributed by atoms with Gasteiger partial charge in [0.05, 0.1) is 13.2 Å². The second-order valence-electron chi connectivity index (χ2n) is 8.29. The standard InChI is InChI=1S/C22H36ClN5O/c1-18(16-28-11-13-29-14-12-28)15-25-22(24-2)26-21-7-9-27(10-8-21)17-19-3-5-20(23)6-4-19/h3-6,18,21H,7-17H2,1-2H3,(H2,24,25,26). The van der Waals surface area contributed by atoms with E-state index in [0.29, 0.717) is 12.0 Å². The predicted octanol–water partition coefficient (Wildman–Crippen LogP) is 2.44. The van der Waals surface area contributed by atoms with Gasteiger partial charge in [-0.1, -0.05) is 30.7 Å². The molecule has 1 aromatic carbocycles. The Morgan fingerprint density at radius 1 is 1.14 bits per heavy atom. The van der Waals surface area contributed by atoms with Gasteiger partial charge >= 0.3 is 0 Å². The number of nitrogens with zero attached hydrogens (tertiary/aromatic N) is 3. The summed E-state index contributed by atoms with van der Waals surface area (Å²) in [5, 5.41) is 7.94. The Balaban J connectivity index is 1.34. The molecule has 7 heteroatoms. The number of aliphatic imine (C=N–C) groups is 1. The van der Waals surface area contributed by atoms with Crippen molar-refractivity contribution < 1.29 is 4.74 Å². The number of halogens is 1. The number of piperidine rings is 1. The summed E-state index contributed by atoms with van der Waals surface area (Å²) in [4.78, 5) is 9.44. The first kappa shape index (κ1) is 22.3. The zero-order valence-corrected chi connectivity index (χ0v) is 18.6. The zero-order valence-electron chi connectivity index (χ0n) is 17.9. The third kappa shape index (κ3) is 7.78. The molecule has 0 radical (unpaired) electrons. The Hall–Kier alpha value is -1.34. The first-order valence-corrected chi connectivity index (χ1v) is 11.2. The van der Waals surface area contributed by atoms with Crippen LogP contribution in [0, 0.1) is 5.92 Å². The summed E-state index contributed by atoms with van der Waals surface area (Å²) in [6, 6.07) is 8.67. The van der Waals surface area contributed by atoms with Crippen LogP contribution in [0.1, 0.15) is 25.3 Å². The summed E-state index contributed by atoms with van der Waals surface area (Å²) < 4.78 is 5.43. The van der Waals surface area contributed by atoms with Crippen LogP contribution in [-0.4, -0.2) is 81.3 Å². The van der Waals surface area contributed by atoms with Gasteiger partial charge in [-0.2, -0.15) is 0 Å². The Morgan fingerprint density at radius 2 is 1.83 bits per heavy atom. The second kappa shape index (κ2) is 11.7. The van der Waals surface area contributed by atoms with Crippen molar-refractivity contribution in [1.82, 2.24) is 20.4 Å². The normalized spacial score (nSPS) is 21.1. The third-order valence-electron chi connectivity index (χ3n) is 5.76. The Morgan fingerprint density at radius 3 is 2.48 bits per heavy atom. The molecule has 2 aliphatic rings. The number of nitrogens with one attached hydrogen (secondary N) is 2. The van der Waals surface area contributed by atoms with Crippen molar-refractivity contribution in [2.75, 3.05) is 59.5 Å². The molecule has 29 heavy (non-hydrogen) atoms. The molecule has 1 unspecified atom stereocenters. The third-order valence-corrected chi connectivity index (χ3v) is 6.01. The minimum atomic E-state index is 0.484. The highest BCUT2D eigenvalue weighted by molar-refractivity contribution is 6.30. The summed E-state index contributed by atoms with van der Waals surface area (Å²) in [5.41, 5.74) is 1.33. The molecule has 2 aliphatic heterocycles. The van der Waals surface area contributed by atoms with E-state index in [1.807, 2.05) is 19.2 Å². The van der Waals surface area contributed by atoms with E-state index in [2.05, 4.69) is 44.5 Å². The molecule has 1 atom stereocenters. The lowest BCUT2D eigenvalue weighted by molar-refractivity contribution is 0.0320. The molecule has 0 saturated carbocycles. The molecule has 0 aliphatic carbocycles. The summed E-state index contributed by atoms with van der Waals surface area (Å²) >= 11 is 5.98. The monoisotopic (exact) mass is 421 g/mol. The molecule has 0 bridgehead atoms. The molecule has 162 valence electrons. The quantitative estimate of drug-likeness (QED) is 0.523. The van der Waals surface area contributed by atoms with E-state index in [1.165, 1.54) is 5.56 Å². The summed E-state index contributed by atoms with van der Waals surface area (Å²) in [5.74, 6) is 1.50. The highest BCUT2D eigenvalue weighted by Gasteiger charge is 2.20. The summed E-state index contributed by atoms with van der Waals surface area (Å²) in [6.07, 6.45) is 2.27. The molecule has 0 amide bonds. The van der Waals surface area contributed by atoms with E-state index < -0.39 is 0 Å². The van der Waals surface area contributed by atoms with E-state index in [1.54, 1.807) is 0 Å². The second-order valence-corrected chi connectivity index (χ2v) is 8.73. The fourth-order valence-corrected chi connectivity index (χ4v) is 4.16. The number of morpholine rings is 1. The van der Waals surface area contributed by atoms with Gasteiger partial charge in [0.25, 0.3) is 0 Å². The molecule has 1 aromatic rings. The van der Waals surface area contributed by atoms with Gasteiger partial charge in [0.2, 0.25) is 0 Å². The molecular weight excluding hydrogens is 386 g/mol. The van der Waals surface area contributed by atoms with Crippen LogP contribution in [0.4, 0.5) is 0 Å². The van der Waals surface area contributed by atoms with Gasteiger partial charge in [0, 0.05) is 63.9 Å². The predicted molar refractivity (Wildman–Crippen MR) is 121 cm³/mol. The average molecular weight is 422 g/mol. The van der Waals surface area contributed by atoms with E-state index in [9.17, 15) is 0 Å². The number of likely N-dealkylation sites (tertiary alicyclic amines) is 1. The van der Waals surface area contributed by atoms with E-state index in [0.717, 1.165) is 82.9 Å². The van der Waals surface area contributed by atoms with Gasteiger partial charge in [-0.25, -0.2) is 0 Å². The van der Waals surface area contributed by atoms with Gasteiger partial charge < -0.3 is 15.4 Å². The Kier molecular flexibility index (Phi) is 9.05. The van der Waals surface area contributed by atoms with Crippen LogP contribution in [-0.2, 0) is 11.3 Å². The van der Waals surface area contributed by atoms with Gasteiger partial charge in [-0.05, 0) is 36.5 Å². The van der Waals surface area contributed by atoms with E-state index >= 15 is 0 Å². The highest BCUT2D eigenvalue weighted by Crippen LogP contribution is 2.16. The lowest BCUT2D eigenvalue weighted by Gasteiger charge is -2.33. The SMILES string of the molecule is CN=C(NCC(C)CN1CCOCC1)NC1CCN(Cc2ccc(Cl)cc2)CC1. The Labute approximate surface area is 180 Å². The molecule has 2 saturated heterocycles. The zero-order chi connectivity index (χ0) is 20.5. The number of ether oxygens (including phenoxy) is 1. The molecule has 0 aromatic heterocycles. The van der Waals surface area contributed by atoms with Crippen molar-refractivity contribution in [3.05, 3.63) is 34.9 Å². The lowest BCUT2D eigenvalue weighted by atomic mass is 10.0. The van der Waals surface area contributed by atoms with Gasteiger partial charge in [-0.3, -0.25) is 14.8 Å². The van der Waals surface area contributed by atoms with Crippen LogP contribution >= 0.6 is 11.6 Å². The molecule has 2 heterocycles. The summed E-state index contributed by atoms with van der Waals surface area (Å²) in [6.45, 7) is 11.4. The maximum atomic E-state index is 5.98. The number of rotatable bonds is 7. The molecule has 6 nitrogen and oxygen atoms in total. The van der Waals surface area contributed by atoms with Gasteiger partial charge in [-0.15, -0.1) is 0 Å². The minimum absolute atomic E-state index is 0.484. The van der Waals surface area contributed by atoms with Crippen molar-refractivity contribution in [2.45, 2.75) is 32.4 Å². The lowest BCUT2D eigenvalue weighted by Crippen LogP contribution is -2.49. The van der Waals surface area contributed by atoms with Crippen LogP contribution < -0.4 is 10.6 Å². The van der Waals surface area contributed by atoms with E-state index in [-0.39, 0.29) is 0 Å². The van der Waals surface area contributed by atoms with Crippen molar-refractivity contribution in [3.8, 4) is 0 Å². The topological polar surface area (TPSA) is 52.1 Å². The minimum Gasteiger partial charge on any atom is -0.379 e. The average Bonchev–Trinajstić information content (AvgIpc) is 2.74. The van der Waals surface area contributed by atoms with Gasteiger partial charge in [0.1, 0.15) is 0 Å². The number of hydrogen-bond donors (Lipinski definition) is 2. The molecule has 0 spiro atoms. The molecule has 2 fully saturated rings. The largest absolute Gasteiger partial charge is 0.379 e. The highest BCUT2D eigenvalue weighted by atomic mass is 35.5. The van der Waals surface area contributed by atoms with Crippen molar-refractivity contribution in [2.24, 2.45) is 10.9 Å². The molecule has 2 N–H and O–H groups in total. The number of hydrogen-bond acceptors (Lipinski definition) is 4. The maximum Gasteiger partial charge on any atom is 0.191 e. The van der Waals surface area contributed by atoms with Crippen molar-refractivity contribution in [3.63, 3.8) is 0 Å². The number of benzene rings is 1.